The van der Waals surface area contributed by atoms with Gasteiger partial charge < -0.3 is 5.73 Å². The molecule has 1 aromatic carbocycles. The van der Waals surface area contributed by atoms with Crippen molar-refractivity contribution in [3.63, 3.8) is 0 Å². The smallest absolute Gasteiger partial charge is 0.265 e. The zero-order valence-electron chi connectivity index (χ0n) is 13.3. The van der Waals surface area contributed by atoms with Gasteiger partial charge in [-0.15, -0.1) is 5.10 Å². The Morgan fingerprint density at radius 2 is 1.92 bits per heavy atom. The second-order valence-electron chi connectivity index (χ2n) is 5.69. The highest BCUT2D eigenvalue weighted by atomic mass is 16.1. The first-order valence-electron chi connectivity index (χ1n) is 7.93. The molecule has 4 aromatic rings. The van der Waals surface area contributed by atoms with E-state index >= 15 is 0 Å². The number of nitrogen functional groups attached to an aromatic ring is 1. The van der Waals surface area contributed by atoms with Crippen LogP contribution in [0.25, 0.3) is 27.6 Å². The molecule has 2 N–H and O–H groups in total. The number of fused-ring (bicyclic) bond motifs is 3. The van der Waals surface area contributed by atoms with Crippen LogP contribution in [0.2, 0.25) is 0 Å². The molecule has 3 aromatic heterocycles. The first kappa shape index (κ1) is 14.4. The van der Waals surface area contributed by atoms with Crippen LogP contribution in [0.4, 0.5) is 5.82 Å². The van der Waals surface area contributed by atoms with Gasteiger partial charge in [-0.2, -0.15) is 0 Å². The summed E-state index contributed by atoms with van der Waals surface area (Å²) < 4.78 is 3.41. The minimum absolute atomic E-state index is 0.141. The number of aryl methyl sites for hydroxylation is 1. The highest BCUT2D eigenvalue weighted by Crippen LogP contribution is 2.27. The van der Waals surface area contributed by atoms with E-state index in [1.807, 2.05) is 49.4 Å². The van der Waals surface area contributed by atoms with Crippen molar-refractivity contribution in [3.8, 4) is 5.69 Å². The van der Waals surface area contributed by atoms with Gasteiger partial charge >= 0.3 is 0 Å². The quantitative estimate of drug-likeness (QED) is 0.630. The van der Waals surface area contributed by atoms with Gasteiger partial charge in [0, 0.05) is 18.1 Å². The Labute approximate surface area is 138 Å². The van der Waals surface area contributed by atoms with Gasteiger partial charge in [0.1, 0.15) is 11.0 Å². The molecule has 0 atom stereocenters. The average molecular weight is 319 g/mol. The first-order chi connectivity index (χ1) is 11.7. The number of rotatable bonds is 3. The molecule has 0 saturated heterocycles. The molecule has 0 amide bonds. The summed E-state index contributed by atoms with van der Waals surface area (Å²) in [7, 11) is 0. The van der Waals surface area contributed by atoms with E-state index < -0.39 is 0 Å². The Hall–Kier alpha value is -3.15. The van der Waals surface area contributed by atoms with E-state index in [0.717, 1.165) is 17.5 Å². The molecule has 3 heterocycles. The summed E-state index contributed by atoms with van der Waals surface area (Å²) in [6.45, 7) is 2.63. The van der Waals surface area contributed by atoms with Crippen molar-refractivity contribution in [1.29, 1.82) is 0 Å². The molecule has 120 valence electrons. The molecule has 0 bridgehead atoms. The molecule has 6 heteroatoms. The van der Waals surface area contributed by atoms with Gasteiger partial charge in [0.2, 0.25) is 0 Å². The first-order valence-corrected chi connectivity index (χ1v) is 7.93. The molecule has 24 heavy (non-hydrogen) atoms. The molecule has 0 radical (unpaired) electrons. The number of nitrogens with zero attached hydrogens (tertiary/aromatic N) is 4. The number of para-hydroxylation sites is 1. The van der Waals surface area contributed by atoms with Crippen molar-refractivity contribution in [2.75, 3.05) is 5.73 Å². The number of nitrogens with two attached hydrogens (primary N) is 1. The lowest BCUT2D eigenvalue weighted by molar-refractivity contribution is 0.676. The Kier molecular flexibility index (Phi) is 3.30. The lowest BCUT2D eigenvalue weighted by Gasteiger charge is -2.10. The van der Waals surface area contributed by atoms with Gasteiger partial charge in [0.05, 0.1) is 11.2 Å². The molecule has 0 spiro atoms. The van der Waals surface area contributed by atoms with E-state index in [0.29, 0.717) is 23.1 Å². The molecule has 0 saturated carbocycles. The predicted octanol–water partition coefficient (Wildman–Crippen LogP) is 2.73. The molecule has 6 nitrogen and oxygen atoms in total. The van der Waals surface area contributed by atoms with E-state index in [2.05, 4.69) is 10.1 Å². The fourth-order valence-corrected chi connectivity index (χ4v) is 3.11. The van der Waals surface area contributed by atoms with Crippen LogP contribution >= 0.6 is 0 Å². The van der Waals surface area contributed by atoms with Gasteiger partial charge in [-0.25, -0.2) is 9.67 Å². The molecule has 0 aliphatic rings. The van der Waals surface area contributed by atoms with Crippen molar-refractivity contribution >= 4 is 27.8 Å². The van der Waals surface area contributed by atoms with Crippen LogP contribution in [-0.2, 0) is 6.54 Å². The van der Waals surface area contributed by atoms with Gasteiger partial charge in [0.15, 0.2) is 5.82 Å². The Morgan fingerprint density at radius 1 is 1.12 bits per heavy atom. The number of pyridine rings is 2. The molecule has 0 fully saturated rings. The van der Waals surface area contributed by atoms with E-state index in [1.54, 1.807) is 15.4 Å². The van der Waals surface area contributed by atoms with Crippen LogP contribution < -0.4 is 11.3 Å². The van der Waals surface area contributed by atoms with E-state index in [9.17, 15) is 4.79 Å². The summed E-state index contributed by atoms with van der Waals surface area (Å²) >= 11 is 0. The fraction of sp³-hybridized carbons (Fsp3) is 0.167. The lowest BCUT2D eigenvalue weighted by Crippen LogP contribution is -2.22. The summed E-state index contributed by atoms with van der Waals surface area (Å²) in [5.41, 5.74) is 8.19. The van der Waals surface area contributed by atoms with Crippen LogP contribution in [-0.4, -0.2) is 19.3 Å². The van der Waals surface area contributed by atoms with Crippen LogP contribution in [0.15, 0.2) is 53.5 Å². The van der Waals surface area contributed by atoms with Crippen molar-refractivity contribution in [2.24, 2.45) is 0 Å². The summed E-state index contributed by atoms with van der Waals surface area (Å²) in [5.74, 6) is 0.245. The second kappa shape index (κ2) is 5.49. The summed E-state index contributed by atoms with van der Waals surface area (Å²) in [6.07, 6.45) is 2.54. The summed E-state index contributed by atoms with van der Waals surface area (Å²) in [6, 6.07) is 13.5. The van der Waals surface area contributed by atoms with Gasteiger partial charge in [-0.1, -0.05) is 25.1 Å². The third kappa shape index (κ3) is 2.00. The van der Waals surface area contributed by atoms with Gasteiger partial charge in [0.25, 0.3) is 5.56 Å². The SMILES string of the molecule is CCCn1c(=O)c2c(N)nn(-c3ccccc3)c2c2cccnc21. The number of benzene rings is 1. The number of hydrogen-bond donors (Lipinski definition) is 1. The third-order valence-electron chi connectivity index (χ3n) is 4.12. The molecular formula is C18H17N5O. The van der Waals surface area contributed by atoms with Gasteiger partial charge in [-0.05, 0) is 30.7 Å². The maximum absolute atomic E-state index is 13.0. The Morgan fingerprint density at radius 3 is 2.67 bits per heavy atom. The topological polar surface area (TPSA) is 78.7 Å². The number of anilines is 1. The lowest BCUT2D eigenvalue weighted by atomic mass is 10.2. The predicted molar refractivity (Wildman–Crippen MR) is 95.3 cm³/mol. The average Bonchev–Trinajstić information content (AvgIpc) is 2.97. The van der Waals surface area contributed by atoms with Crippen LogP contribution in [0.5, 0.6) is 0 Å². The normalized spacial score (nSPS) is 11.4. The summed E-state index contributed by atoms with van der Waals surface area (Å²) in [5, 5.41) is 5.75. The van der Waals surface area contributed by atoms with Crippen molar-refractivity contribution < 1.29 is 0 Å². The minimum atomic E-state index is -0.141. The van der Waals surface area contributed by atoms with Crippen molar-refractivity contribution in [2.45, 2.75) is 19.9 Å². The molecule has 0 aliphatic carbocycles. The fourth-order valence-electron chi connectivity index (χ4n) is 3.11. The maximum atomic E-state index is 13.0. The van der Waals surface area contributed by atoms with Gasteiger partial charge in [-0.3, -0.25) is 9.36 Å². The van der Waals surface area contributed by atoms with Crippen LogP contribution in [0.3, 0.4) is 0 Å². The molecule has 0 aliphatic heterocycles. The van der Waals surface area contributed by atoms with Crippen molar-refractivity contribution in [1.82, 2.24) is 19.3 Å². The van der Waals surface area contributed by atoms with Crippen LogP contribution in [0, 0.1) is 0 Å². The Balaban J connectivity index is 2.22. The third-order valence-corrected chi connectivity index (χ3v) is 4.12. The molecule has 4 rings (SSSR count). The standard InChI is InChI=1S/C18H17N5O/c1-2-11-22-17-13(9-6-10-20-17)15-14(18(22)24)16(19)21-23(15)12-7-4-3-5-8-12/h3-10H,2,11H2,1H3,(H2,19,21). The maximum Gasteiger partial charge on any atom is 0.265 e. The largest absolute Gasteiger partial charge is 0.382 e. The zero-order chi connectivity index (χ0) is 16.7. The number of hydrogen-bond acceptors (Lipinski definition) is 4. The highest BCUT2D eigenvalue weighted by Gasteiger charge is 2.19. The second-order valence-corrected chi connectivity index (χ2v) is 5.69. The van der Waals surface area contributed by atoms with E-state index in [1.165, 1.54) is 0 Å². The van der Waals surface area contributed by atoms with E-state index in [4.69, 9.17) is 5.73 Å². The number of aromatic nitrogens is 4. The monoisotopic (exact) mass is 319 g/mol. The summed E-state index contributed by atoms with van der Waals surface area (Å²) in [4.78, 5) is 17.4. The van der Waals surface area contributed by atoms with Crippen molar-refractivity contribution in [3.05, 3.63) is 59.0 Å². The molecule has 0 unspecified atom stereocenters. The Bertz CT molecular complexity index is 1100. The minimum Gasteiger partial charge on any atom is -0.382 e. The van der Waals surface area contributed by atoms with E-state index in [-0.39, 0.29) is 11.4 Å². The molecular weight excluding hydrogens is 302 g/mol. The van der Waals surface area contributed by atoms with Crippen LogP contribution in [0.1, 0.15) is 13.3 Å². The highest BCUT2D eigenvalue weighted by molar-refractivity contribution is 6.06. The zero-order valence-corrected chi connectivity index (χ0v) is 13.3.